The number of piperidine rings is 1. The molecule has 0 saturated carbocycles. The minimum Gasteiger partial charge on any atom is -0.494 e. The first-order valence-corrected chi connectivity index (χ1v) is 8.25. The largest absolute Gasteiger partial charge is 0.494 e. The Hall–Kier alpha value is -1.55. The van der Waals surface area contributed by atoms with Gasteiger partial charge in [0.05, 0.1) is 6.61 Å². The maximum absolute atomic E-state index is 11.4. The number of likely N-dealkylation sites (tertiary alicyclic amines) is 1. The van der Waals surface area contributed by atoms with Gasteiger partial charge in [0.1, 0.15) is 11.8 Å². The molecular weight excluding hydrogens is 278 g/mol. The summed E-state index contributed by atoms with van der Waals surface area (Å²) in [6.07, 6.45) is 3.87. The zero-order chi connectivity index (χ0) is 15.9. The lowest BCUT2D eigenvalue weighted by atomic mass is 10.0. The van der Waals surface area contributed by atoms with E-state index in [1.54, 1.807) is 0 Å². The fourth-order valence-corrected chi connectivity index (χ4v) is 2.84. The molecule has 1 aromatic carbocycles. The second-order valence-corrected chi connectivity index (χ2v) is 6.50. The molecule has 1 fully saturated rings. The Morgan fingerprint density at radius 3 is 2.95 bits per heavy atom. The highest BCUT2D eigenvalue weighted by Gasteiger charge is 2.28. The average Bonchev–Trinajstić information content (AvgIpc) is 2.47. The van der Waals surface area contributed by atoms with Crippen molar-refractivity contribution in [1.82, 2.24) is 4.90 Å². The van der Waals surface area contributed by atoms with Crippen LogP contribution in [0.1, 0.15) is 45.1 Å². The molecule has 1 N–H and O–H groups in total. The van der Waals surface area contributed by atoms with Gasteiger partial charge in [0.15, 0.2) is 0 Å². The summed E-state index contributed by atoms with van der Waals surface area (Å²) in [7, 11) is 0. The number of hydrogen-bond acceptors (Lipinski definition) is 3. The van der Waals surface area contributed by atoms with Gasteiger partial charge in [0, 0.05) is 6.54 Å². The molecule has 122 valence electrons. The maximum Gasteiger partial charge on any atom is 0.320 e. The maximum atomic E-state index is 11.4. The van der Waals surface area contributed by atoms with Gasteiger partial charge >= 0.3 is 5.97 Å². The third-order valence-corrected chi connectivity index (χ3v) is 4.15. The van der Waals surface area contributed by atoms with Crippen LogP contribution in [-0.4, -0.2) is 35.2 Å². The van der Waals surface area contributed by atoms with Crippen LogP contribution in [0.4, 0.5) is 0 Å². The zero-order valence-electron chi connectivity index (χ0n) is 13.6. The van der Waals surface area contributed by atoms with Crippen LogP contribution in [0, 0.1) is 5.92 Å². The van der Waals surface area contributed by atoms with Crippen molar-refractivity contribution in [2.45, 2.75) is 52.1 Å². The van der Waals surface area contributed by atoms with Crippen molar-refractivity contribution in [3.63, 3.8) is 0 Å². The van der Waals surface area contributed by atoms with Gasteiger partial charge in [0.25, 0.3) is 0 Å². The number of nitrogens with zero attached hydrogens (tertiary/aromatic N) is 1. The summed E-state index contributed by atoms with van der Waals surface area (Å²) < 4.78 is 5.79. The SMILES string of the molecule is CC(C)CCOc1cccc(CN2CCCCC2C(=O)O)c1. The van der Waals surface area contributed by atoms with E-state index in [-0.39, 0.29) is 6.04 Å². The average molecular weight is 305 g/mol. The van der Waals surface area contributed by atoms with Gasteiger partial charge in [-0.05, 0) is 49.4 Å². The summed E-state index contributed by atoms with van der Waals surface area (Å²) in [6.45, 7) is 6.63. The first-order valence-electron chi connectivity index (χ1n) is 8.25. The summed E-state index contributed by atoms with van der Waals surface area (Å²) >= 11 is 0. The first kappa shape index (κ1) is 16.8. The van der Waals surface area contributed by atoms with Crippen LogP contribution < -0.4 is 4.74 Å². The van der Waals surface area contributed by atoms with Gasteiger partial charge in [-0.3, -0.25) is 9.69 Å². The monoisotopic (exact) mass is 305 g/mol. The molecule has 1 atom stereocenters. The van der Waals surface area contributed by atoms with Gasteiger partial charge in [-0.1, -0.05) is 32.4 Å². The van der Waals surface area contributed by atoms with Gasteiger partial charge in [0.2, 0.25) is 0 Å². The standard InChI is InChI=1S/C18H27NO3/c1-14(2)9-11-22-16-7-5-6-15(12-16)13-19-10-4-3-8-17(19)18(20)21/h5-7,12,14,17H,3-4,8-11,13H2,1-2H3,(H,20,21). The van der Waals surface area contributed by atoms with Gasteiger partial charge < -0.3 is 9.84 Å². The van der Waals surface area contributed by atoms with Gasteiger partial charge in [-0.2, -0.15) is 0 Å². The lowest BCUT2D eigenvalue weighted by Gasteiger charge is -2.32. The number of carboxylic acid groups (broad SMARTS) is 1. The van der Waals surface area contributed by atoms with Crippen LogP contribution in [0.2, 0.25) is 0 Å². The molecule has 4 heteroatoms. The Morgan fingerprint density at radius 1 is 1.41 bits per heavy atom. The summed E-state index contributed by atoms with van der Waals surface area (Å²) in [6, 6.07) is 7.68. The highest BCUT2D eigenvalue weighted by molar-refractivity contribution is 5.73. The molecule has 1 saturated heterocycles. The quantitative estimate of drug-likeness (QED) is 0.837. The summed E-state index contributed by atoms with van der Waals surface area (Å²) in [5, 5.41) is 9.34. The molecule has 0 radical (unpaired) electrons. The third-order valence-electron chi connectivity index (χ3n) is 4.15. The Morgan fingerprint density at radius 2 is 2.23 bits per heavy atom. The van der Waals surface area contributed by atoms with E-state index < -0.39 is 5.97 Å². The van der Waals surface area contributed by atoms with Gasteiger partial charge in [-0.15, -0.1) is 0 Å². The molecular formula is C18H27NO3. The Kier molecular flexibility index (Phi) is 6.25. The third kappa shape index (κ3) is 5.02. The van der Waals surface area contributed by atoms with Crippen LogP contribution in [-0.2, 0) is 11.3 Å². The number of rotatable bonds is 7. The Balaban J connectivity index is 1.95. The minimum atomic E-state index is -0.705. The van der Waals surface area contributed by atoms with E-state index in [1.165, 1.54) is 0 Å². The van der Waals surface area contributed by atoms with E-state index in [0.717, 1.165) is 50.1 Å². The number of carbonyl (C=O) groups is 1. The number of hydrogen-bond donors (Lipinski definition) is 1. The molecule has 1 aliphatic rings. The second-order valence-electron chi connectivity index (χ2n) is 6.50. The fourth-order valence-electron chi connectivity index (χ4n) is 2.84. The van der Waals surface area contributed by atoms with E-state index in [9.17, 15) is 9.90 Å². The van der Waals surface area contributed by atoms with Crippen molar-refractivity contribution < 1.29 is 14.6 Å². The topological polar surface area (TPSA) is 49.8 Å². The zero-order valence-corrected chi connectivity index (χ0v) is 13.6. The fraction of sp³-hybridized carbons (Fsp3) is 0.611. The van der Waals surface area contributed by atoms with E-state index in [2.05, 4.69) is 18.7 Å². The van der Waals surface area contributed by atoms with Crippen molar-refractivity contribution >= 4 is 5.97 Å². The Bertz CT molecular complexity index is 487. The highest BCUT2D eigenvalue weighted by Crippen LogP contribution is 2.22. The minimum absolute atomic E-state index is 0.348. The normalized spacial score (nSPS) is 19.3. The number of carboxylic acids is 1. The Labute approximate surface area is 133 Å². The van der Waals surface area contributed by atoms with Crippen molar-refractivity contribution in [3.8, 4) is 5.75 Å². The number of aliphatic carboxylic acids is 1. The van der Waals surface area contributed by atoms with Gasteiger partial charge in [-0.25, -0.2) is 0 Å². The van der Waals surface area contributed by atoms with Crippen LogP contribution in [0.3, 0.4) is 0 Å². The molecule has 1 heterocycles. The molecule has 0 bridgehead atoms. The molecule has 1 aliphatic heterocycles. The molecule has 0 aliphatic carbocycles. The molecule has 2 rings (SSSR count). The van der Waals surface area contributed by atoms with Crippen LogP contribution in [0.5, 0.6) is 5.75 Å². The summed E-state index contributed by atoms with van der Waals surface area (Å²) in [5.74, 6) is 0.805. The van der Waals surface area contributed by atoms with E-state index >= 15 is 0 Å². The summed E-state index contributed by atoms with van der Waals surface area (Å²) in [4.78, 5) is 13.4. The molecule has 4 nitrogen and oxygen atoms in total. The predicted octanol–water partition coefficient (Wildman–Crippen LogP) is 3.55. The number of benzene rings is 1. The highest BCUT2D eigenvalue weighted by atomic mass is 16.5. The second kappa shape index (κ2) is 8.18. The van der Waals surface area contributed by atoms with Crippen LogP contribution in [0.25, 0.3) is 0 Å². The predicted molar refractivity (Wildman–Crippen MR) is 87.1 cm³/mol. The molecule has 1 unspecified atom stereocenters. The molecule has 22 heavy (non-hydrogen) atoms. The summed E-state index contributed by atoms with van der Waals surface area (Å²) in [5.41, 5.74) is 1.12. The van der Waals surface area contributed by atoms with E-state index in [1.807, 2.05) is 24.3 Å². The molecule has 0 spiro atoms. The van der Waals surface area contributed by atoms with Crippen molar-refractivity contribution in [3.05, 3.63) is 29.8 Å². The van der Waals surface area contributed by atoms with Crippen molar-refractivity contribution in [1.29, 1.82) is 0 Å². The molecule has 1 aromatic rings. The van der Waals surface area contributed by atoms with Crippen LogP contribution in [0.15, 0.2) is 24.3 Å². The van der Waals surface area contributed by atoms with E-state index in [4.69, 9.17) is 4.74 Å². The smallest absolute Gasteiger partial charge is 0.320 e. The van der Waals surface area contributed by atoms with Crippen molar-refractivity contribution in [2.75, 3.05) is 13.2 Å². The van der Waals surface area contributed by atoms with Crippen LogP contribution >= 0.6 is 0 Å². The lowest BCUT2D eigenvalue weighted by molar-refractivity contribution is -0.144. The number of ether oxygens (including phenoxy) is 1. The molecule has 0 aromatic heterocycles. The first-order chi connectivity index (χ1) is 10.6. The lowest BCUT2D eigenvalue weighted by Crippen LogP contribution is -2.43. The van der Waals surface area contributed by atoms with E-state index in [0.29, 0.717) is 12.5 Å². The molecule has 0 amide bonds. The van der Waals surface area contributed by atoms with Crippen molar-refractivity contribution in [2.24, 2.45) is 5.92 Å².